The van der Waals surface area contributed by atoms with Crippen LogP contribution in [0.5, 0.6) is 0 Å². The van der Waals surface area contributed by atoms with Gasteiger partial charge in [0.2, 0.25) is 5.91 Å². The van der Waals surface area contributed by atoms with E-state index in [1.807, 2.05) is 36.4 Å². The van der Waals surface area contributed by atoms with Gasteiger partial charge in [0.1, 0.15) is 12.6 Å². The van der Waals surface area contributed by atoms with Crippen molar-refractivity contribution in [1.82, 2.24) is 10.6 Å². The highest BCUT2D eigenvalue weighted by atomic mass is 16.5. The average molecular weight is 467 g/mol. The van der Waals surface area contributed by atoms with Gasteiger partial charge in [0.15, 0.2) is 0 Å². The summed E-state index contributed by atoms with van der Waals surface area (Å²) in [5.41, 5.74) is 3.72. The maximum absolute atomic E-state index is 12.9. The Hall–Kier alpha value is -3.39. The summed E-state index contributed by atoms with van der Waals surface area (Å²) in [5.74, 6) is -1.47. The number of hydrogen-bond acceptors (Lipinski definition) is 5. The van der Waals surface area contributed by atoms with Crippen molar-refractivity contribution in [3.63, 3.8) is 0 Å². The number of amides is 2. The maximum Gasteiger partial charge on any atom is 0.407 e. The van der Waals surface area contributed by atoms with Crippen LogP contribution in [0, 0.1) is 0 Å². The van der Waals surface area contributed by atoms with Crippen molar-refractivity contribution in [2.75, 3.05) is 20.3 Å². The van der Waals surface area contributed by atoms with Crippen molar-refractivity contribution in [3.05, 3.63) is 59.7 Å². The van der Waals surface area contributed by atoms with E-state index in [4.69, 9.17) is 9.47 Å². The second-order valence-corrected chi connectivity index (χ2v) is 9.00. The van der Waals surface area contributed by atoms with E-state index < -0.39 is 29.6 Å². The SMILES string of the molecule is COCCC(NC(=O)OCC1c2ccccc2-c2ccccc21)C(=O)NC1(CC(=O)O)CCC1. The van der Waals surface area contributed by atoms with Crippen LogP contribution >= 0.6 is 0 Å². The first-order valence-corrected chi connectivity index (χ1v) is 11.6. The molecule has 1 unspecified atom stereocenters. The molecule has 1 atom stereocenters. The van der Waals surface area contributed by atoms with Gasteiger partial charge in [0.25, 0.3) is 0 Å². The van der Waals surface area contributed by atoms with Crippen LogP contribution in [0.3, 0.4) is 0 Å². The molecule has 34 heavy (non-hydrogen) atoms. The van der Waals surface area contributed by atoms with E-state index in [0.717, 1.165) is 28.7 Å². The number of carbonyl (C=O) groups excluding carboxylic acids is 2. The number of carbonyl (C=O) groups is 3. The van der Waals surface area contributed by atoms with Gasteiger partial charge in [-0.15, -0.1) is 0 Å². The molecule has 4 rings (SSSR count). The van der Waals surface area contributed by atoms with Gasteiger partial charge in [-0.1, -0.05) is 48.5 Å². The number of hydrogen-bond donors (Lipinski definition) is 3. The summed E-state index contributed by atoms with van der Waals surface area (Å²) in [6.07, 6.45) is 1.48. The molecule has 0 aliphatic heterocycles. The summed E-state index contributed by atoms with van der Waals surface area (Å²) in [6, 6.07) is 15.2. The highest BCUT2D eigenvalue weighted by Crippen LogP contribution is 2.44. The van der Waals surface area contributed by atoms with E-state index in [1.165, 1.54) is 7.11 Å². The maximum atomic E-state index is 12.9. The number of fused-ring (bicyclic) bond motifs is 3. The Labute approximate surface area is 198 Å². The number of rotatable bonds is 10. The molecule has 0 saturated heterocycles. The summed E-state index contributed by atoms with van der Waals surface area (Å²) < 4.78 is 10.7. The van der Waals surface area contributed by atoms with Crippen LogP contribution in [0.15, 0.2) is 48.5 Å². The van der Waals surface area contributed by atoms with Gasteiger partial charge in [0.05, 0.1) is 12.0 Å². The molecule has 0 spiro atoms. The summed E-state index contributed by atoms with van der Waals surface area (Å²) >= 11 is 0. The van der Waals surface area contributed by atoms with Gasteiger partial charge in [-0.3, -0.25) is 9.59 Å². The summed E-state index contributed by atoms with van der Waals surface area (Å²) in [5, 5.41) is 14.7. The van der Waals surface area contributed by atoms with E-state index in [0.29, 0.717) is 12.8 Å². The Kier molecular flexibility index (Phi) is 7.17. The number of alkyl carbamates (subject to hydrolysis) is 1. The second kappa shape index (κ2) is 10.3. The van der Waals surface area contributed by atoms with Gasteiger partial charge in [0, 0.05) is 26.1 Å². The molecule has 2 amide bonds. The van der Waals surface area contributed by atoms with Crippen molar-refractivity contribution >= 4 is 18.0 Å². The Morgan fingerprint density at radius 2 is 1.68 bits per heavy atom. The Morgan fingerprint density at radius 3 is 2.21 bits per heavy atom. The van der Waals surface area contributed by atoms with Crippen molar-refractivity contribution in [2.24, 2.45) is 0 Å². The van der Waals surface area contributed by atoms with Crippen molar-refractivity contribution in [3.8, 4) is 11.1 Å². The highest BCUT2D eigenvalue weighted by molar-refractivity contribution is 5.87. The molecule has 2 aliphatic rings. The second-order valence-electron chi connectivity index (χ2n) is 9.00. The number of benzene rings is 2. The van der Waals surface area contributed by atoms with Crippen LogP contribution < -0.4 is 10.6 Å². The number of carboxylic acid groups (broad SMARTS) is 1. The predicted octanol–water partition coefficient (Wildman–Crippen LogP) is 3.44. The largest absolute Gasteiger partial charge is 0.481 e. The van der Waals surface area contributed by atoms with E-state index >= 15 is 0 Å². The predicted molar refractivity (Wildman–Crippen MR) is 125 cm³/mol. The molecule has 0 aromatic heterocycles. The summed E-state index contributed by atoms with van der Waals surface area (Å²) in [7, 11) is 1.51. The zero-order chi connectivity index (χ0) is 24.1. The molecule has 2 aliphatic carbocycles. The highest BCUT2D eigenvalue weighted by Gasteiger charge is 2.41. The van der Waals surface area contributed by atoms with Crippen molar-refractivity contribution < 1.29 is 29.0 Å². The van der Waals surface area contributed by atoms with Gasteiger partial charge in [-0.05, 0) is 41.5 Å². The third kappa shape index (κ3) is 5.07. The first-order valence-electron chi connectivity index (χ1n) is 11.6. The Bertz CT molecular complexity index is 1020. The van der Waals surface area contributed by atoms with Crippen molar-refractivity contribution in [2.45, 2.75) is 49.6 Å². The minimum atomic E-state index is -0.960. The average Bonchev–Trinajstić information content (AvgIpc) is 3.12. The molecule has 8 nitrogen and oxygen atoms in total. The number of carboxylic acids is 1. The molecule has 0 heterocycles. The quantitative estimate of drug-likeness (QED) is 0.494. The minimum absolute atomic E-state index is 0.0850. The zero-order valence-corrected chi connectivity index (χ0v) is 19.2. The number of methoxy groups -OCH3 is 1. The van der Waals surface area contributed by atoms with Crippen LogP contribution in [0.2, 0.25) is 0 Å². The molecule has 2 aromatic carbocycles. The Balaban J connectivity index is 1.40. The van der Waals surface area contributed by atoms with Crippen LogP contribution in [-0.4, -0.2) is 55.0 Å². The monoisotopic (exact) mass is 466 g/mol. The van der Waals surface area contributed by atoms with E-state index in [9.17, 15) is 19.5 Å². The van der Waals surface area contributed by atoms with Gasteiger partial charge < -0.3 is 25.2 Å². The van der Waals surface area contributed by atoms with Crippen molar-refractivity contribution in [1.29, 1.82) is 0 Å². The molecule has 180 valence electrons. The molecule has 1 fully saturated rings. The first kappa shape index (κ1) is 23.8. The fourth-order valence-corrected chi connectivity index (χ4v) is 4.87. The summed E-state index contributed by atoms with van der Waals surface area (Å²) in [4.78, 5) is 36.8. The topological polar surface area (TPSA) is 114 Å². The standard InChI is InChI=1S/C26H30N2O6/c1-33-14-11-22(24(31)28-26(12-6-13-26)15-23(29)30)27-25(32)34-16-21-19-9-4-2-7-17(19)18-8-3-5-10-20(18)21/h2-5,7-10,21-22H,6,11-16H2,1H3,(H,27,32)(H,28,31)(H,29,30). The molecular formula is C26H30N2O6. The fraction of sp³-hybridized carbons (Fsp3) is 0.423. The zero-order valence-electron chi connectivity index (χ0n) is 19.2. The number of aliphatic carboxylic acids is 1. The smallest absolute Gasteiger partial charge is 0.407 e. The molecule has 0 radical (unpaired) electrons. The lowest BCUT2D eigenvalue weighted by molar-refractivity contribution is -0.140. The van der Waals surface area contributed by atoms with Crippen LogP contribution in [0.1, 0.15) is 49.1 Å². The van der Waals surface area contributed by atoms with Crippen LogP contribution in [-0.2, 0) is 19.1 Å². The first-order chi connectivity index (χ1) is 16.4. The van der Waals surface area contributed by atoms with E-state index in [1.54, 1.807) is 0 Å². The number of ether oxygens (including phenoxy) is 2. The summed E-state index contributed by atoms with van der Waals surface area (Å²) in [6.45, 7) is 0.398. The van der Waals surface area contributed by atoms with Gasteiger partial charge in [-0.25, -0.2) is 4.79 Å². The van der Waals surface area contributed by atoms with E-state index in [2.05, 4.69) is 22.8 Å². The molecule has 1 saturated carbocycles. The molecule has 0 bridgehead atoms. The molecule has 3 N–H and O–H groups in total. The lowest BCUT2D eigenvalue weighted by Crippen LogP contribution is -2.59. The fourth-order valence-electron chi connectivity index (χ4n) is 4.87. The molecule has 8 heteroatoms. The third-order valence-corrected chi connectivity index (χ3v) is 6.75. The normalized spacial score (nSPS) is 16.5. The lowest BCUT2D eigenvalue weighted by atomic mass is 9.74. The minimum Gasteiger partial charge on any atom is -0.481 e. The lowest BCUT2D eigenvalue weighted by Gasteiger charge is -2.42. The number of nitrogens with one attached hydrogen (secondary N) is 2. The van der Waals surface area contributed by atoms with Gasteiger partial charge >= 0.3 is 12.1 Å². The molecule has 2 aromatic rings. The van der Waals surface area contributed by atoms with Crippen LogP contribution in [0.25, 0.3) is 11.1 Å². The Morgan fingerprint density at radius 1 is 1.06 bits per heavy atom. The third-order valence-electron chi connectivity index (χ3n) is 6.75. The van der Waals surface area contributed by atoms with Crippen LogP contribution in [0.4, 0.5) is 4.79 Å². The van der Waals surface area contributed by atoms with E-state index in [-0.39, 0.29) is 32.0 Å². The molecular weight excluding hydrogens is 436 g/mol. The van der Waals surface area contributed by atoms with Gasteiger partial charge in [-0.2, -0.15) is 0 Å².